The van der Waals surface area contributed by atoms with Gasteiger partial charge in [0.1, 0.15) is 5.69 Å². The minimum atomic E-state index is -0.225. The summed E-state index contributed by atoms with van der Waals surface area (Å²) in [4.78, 5) is 14.7. The van der Waals surface area contributed by atoms with E-state index in [-0.39, 0.29) is 5.91 Å². The molecule has 60 valence electrons. The van der Waals surface area contributed by atoms with Gasteiger partial charge in [-0.3, -0.25) is 4.79 Å². The molecular formula is C6H10N4O. The Morgan fingerprint density at radius 1 is 1.82 bits per heavy atom. The summed E-state index contributed by atoms with van der Waals surface area (Å²) >= 11 is 0. The van der Waals surface area contributed by atoms with E-state index in [1.807, 2.05) is 0 Å². The maximum absolute atomic E-state index is 10.9. The summed E-state index contributed by atoms with van der Waals surface area (Å²) < 4.78 is 1.59. The largest absolute Gasteiger partial charge is 0.369 e. The fraction of sp³-hybridized carbons (Fsp3) is 0.333. The van der Waals surface area contributed by atoms with Crippen molar-refractivity contribution < 1.29 is 4.79 Å². The molecular weight excluding hydrogens is 144 g/mol. The second kappa shape index (κ2) is 2.61. The van der Waals surface area contributed by atoms with E-state index < -0.39 is 0 Å². The Balaban J connectivity index is 2.97. The zero-order valence-corrected chi connectivity index (χ0v) is 6.46. The molecule has 5 nitrogen and oxygen atoms in total. The quantitative estimate of drug-likeness (QED) is 0.565. The van der Waals surface area contributed by atoms with Gasteiger partial charge in [-0.25, -0.2) is 4.98 Å². The van der Waals surface area contributed by atoms with Gasteiger partial charge in [0.05, 0.1) is 0 Å². The fourth-order valence-corrected chi connectivity index (χ4v) is 0.718. The number of aromatic nitrogens is 2. The van der Waals surface area contributed by atoms with Gasteiger partial charge in [-0.1, -0.05) is 0 Å². The van der Waals surface area contributed by atoms with Gasteiger partial charge in [0.15, 0.2) is 0 Å². The summed E-state index contributed by atoms with van der Waals surface area (Å²) in [6.07, 6.45) is 1.58. The van der Waals surface area contributed by atoms with Crippen LogP contribution in [-0.4, -0.2) is 22.5 Å². The molecule has 1 rings (SSSR count). The molecule has 0 aromatic carbocycles. The number of hydrogen-bond acceptors (Lipinski definition) is 3. The Labute approximate surface area is 64.2 Å². The van der Waals surface area contributed by atoms with E-state index in [4.69, 9.17) is 5.73 Å². The molecule has 11 heavy (non-hydrogen) atoms. The predicted molar refractivity (Wildman–Crippen MR) is 41.0 cm³/mol. The molecule has 0 aliphatic heterocycles. The molecule has 1 heterocycles. The normalized spacial score (nSPS) is 9.64. The average molecular weight is 154 g/mol. The topological polar surface area (TPSA) is 72.9 Å². The number of carbonyl (C=O) groups is 1. The summed E-state index contributed by atoms with van der Waals surface area (Å²) in [5.74, 6) is 0.112. The van der Waals surface area contributed by atoms with Gasteiger partial charge in [0.25, 0.3) is 5.91 Å². The number of nitrogens with one attached hydrogen (secondary N) is 1. The predicted octanol–water partition coefficient (Wildman–Crippen LogP) is -0.638. The molecule has 5 heteroatoms. The third-order valence-electron chi connectivity index (χ3n) is 1.37. The SMILES string of the molecule is CNC(=O)c1cn(C)c(N)n1. The van der Waals surface area contributed by atoms with Crippen LogP contribution in [0.25, 0.3) is 0 Å². The van der Waals surface area contributed by atoms with Crippen molar-refractivity contribution in [3.8, 4) is 0 Å². The Kier molecular flexibility index (Phi) is 1.80. The number of carbonyl (C=O) groups excluding carboxylic acids is 1. The monoisotopic (exact) mass is 154 g/mol. The van der Waals surface area contributed by atoms with E-state index in [1.165, 1.54) is 0 Å². The van der Waals surface area contributed by atoms with E-state index in [1.54, 1.807) is 24.9 Å². The van der Waals surface area contributed by atoms with Gasteiger partial charge in [0.2, 0.25) is 5.95 Å². The van der Waals surface area contributed by atoms with E-state index in [0.29, 0.717) is 11.6 Å². The van der Waals surface area contributed by atoms with Crippen LogP contribution in [-0.2, 0) is 7.05 Å². The summed E-state index contributed by atoms with van der Waals surface area (Å²) in [5, 5.41) is 2.45. The first-order chi connectivity index (χ1) is 5.15. The van der Waals surface area contributed by atoms with Crippen molar-refractivity contribution in [1.29, 1.82) is 0 Å². The number of hydrogen-bond donors (Lipinski definition) is 2. The van der Waals surface area contributed by atoms with Crippen molar-refractivity contribution in [3.63, 3.8) is 0 Å². The van der Waals surface area contributed by atoms with E-state index in [9.17, 15) is 4.79 Å². The maximum Gasteiger partial charge on any atom is 0.271 e. The van der Waals surface area contributed by atoms with Gasteiger partial charge in [0, 0.05) is 20.3 Å². The molecule has 0 atom stereocenters. The van der Waals surface area contributed by atoms with Gasteiger partial charge >= 0.3 is 0 Å². The summed E-state index contributed by atoms with van der Waals surface area (Å²) in [6.45, 7) is 0. The van der Waals surface area contributed by atoms with Crippen molar-refractivity contribution in [3.05, 3.63) is 11.9 Å². The molecule has 0 unspecified atom stereocenters. The highest BCUT2D eigenvalue weighted by atomic mass is 16.1. The smallest absolute Gasteiger partial charge is 0.271 e. The maximum atomic E-state index is 10.9. The second-order valence-electron chi connectivity index (χ2n) is 2.17. The number of imidazole rings is 1. The number of rotatable bonds is 1. The van der Waals surface area contributed by atoms with Gasteiger partial charge in [-0.05, 0) is 0 Å². The van der Waals surface area contributed by atoms with Crippen molar-refractivity contribution in [2.75, 3.05) is 12.8 Å². The molecule has 0 radical (unpaired) electrons. The molecule has 0 spiro atoms. The molecule has 0 saturated carbocycles. The van der Waals surface area contributed by atoms with E-state index in [0.717, 1.165) is 0 Å². The van der Waals surface area contributed by atoms with Crippen molar-refractivity contribution in [2.24, 2.45) is 7.05 Å². The molecule has 0 fully saturated rings. The fourth-order valence-electron chi connectivity index (χ4n) is 0.718. The Morgan fingerprint density at radius 2 is 2.45 bits per heavy atom. The first-order valence-corrected chi connectivity index (χ1v) is 3.16. The van der Waals surface area contributed by atoms with Crippen LogP contribution < -0.4 is 11.1 Å². The van der Waals surface area contributed by atoms with Crippen LogP contribution in [0.3, 0.4) is 0 Å². The number of nitrogens with two attached hydrogens (primary N) is 1. The van der Waals surface area contributed by atoms with Crippen molar-refractivity contribution in [2.45, 2.75) is 0 Å². The van der Waals surface area contributed by atoms with Gasteiger partial charge < -0.3 is 15.6 Å². The molecule has 0 bridgehead atoms. The first-order valence-electron chi connectivity index (χ1n) is 3.16. The average Bonchev–Trinajstić information content (AvgIpc) is 2.31. The minimum absolute atomic E-state index is 0.225. The standard InChI is InChI=1S/C6H10N4O/c1-8-5(11)4-3-10(2)6(7)9-4/h3H,1-2H3,(H2,7,9)(H,8,11). The van der Waals surface area contributed by atoms with Crippen molar-refractivity contribution >= 4 is 11.9 Å². The highest BCUT2D eigenvalue weighted by molar-refractivity contribution is 5.92. The number of amides is 1. The lowest BCUT2D eigenvalue weighted by Crippen LogP contribution is -2.18. The molecule has 1 amide bonds. The van der Waals surface area contributed by atoms with Crippen LogP contribution in [0.5, 0.6) is 0 Å². The molecule has 1 aromatic heterocycles. The number of anilines is 1. The van der Waals surface area contributed by atoms with Gasteiger partial charge in [-0.2, -0.15) is 0 Å². The molecule has 1 aromatic rings. The third-order valence-corrected chi connectivity index (χ3v) is 1.37. The van der Waals surface area contributed by atoms with E-state index >= 15 is 0 Å². The highest BCUT2D eigenvalue weighted by Gasteiger charge is 2.07. The van der Waals surface area contributed by atoms with E-state index in [2.05, 4.69) is 10.3 Å². The Bertz CT molecular complexity index is 259. The van der Waals surface area contributed by atoms with Crippen molar-refractivity contribution in [1.82, 2.24) is 14.9 Å². The van der Waals surface area contributed by atoms with Crippen LogP contribution >= 0.6 is 0 Å². The Morgan fingerprint density at radius 3 is 2.82 bits per heavy atom. The Hall–Kier alpha value is -1.52. The van der Waals surface area contributed by atoms with Crippen LogP contribution in [0.2, 0.25) is 0 Å². The number of aryl methyl sites for hydroxylation is 1. The van der Waals surface area contributed by atoms with Crippen LogP contribution in [0.15, 0.2) is 6.20 Å². The number of nitrogen functional groups attached to an aromatic ring is 1. The summed E-state index contributed by atoms with van der Waals surface area (Å²) in [5.41, 5.74) is 5.75. The molecule has 3 N–H and O–H groups in total. The summed E-state index contributed by atoms with van der Waals surface area (Å²) in [7, 11) is 3.28. The zero-order chi connectivity index (χ0) is 8.43. The first kappa shape index (κ1) is 7.59. The summed E-state index contributed by atoms with van der Waals surface area (Å²) in [6, 6.07) is 0. The minimum Gasteiger partial charge on any atom is -0.369 e. The lowest BCUT2D eigenvalue weighted by atomic mass is 10.4. The lowest BCUT2D eigenvalue weighted by molar-refractivity contribution is 0.0958. The third kappa shape index (κ3) is 1.31. The molecule has 0 aliphatic rings. The van der Waals surface area contributed by atoms with Gasteiger partial charge in [-0.15, -0.1) is 0 Å². The van der Waals surface area contributed by atoms with Crippen LogP contribution in [0.4, 0.5) is 5.95 Å². The molecule has 0 aliphatic carbocycles. The second-order valence-corrected chi connectivity index (χ2v) is 2.17. The van der Waals surface area contributed by atoms with Crippen LogP contribution in [0, 0.1) is 0 Å². The van der Waals surface area contributed by atoms with Crippen LogP contribution in [0.1, 0.15) is 10.5 Å². The number of nitrogens with zero attached hydrogens (tertiary/aromatic N) is 2. The lowest BCUT2D eigenvalue weighted by Gasteiger charge is -1.90. The zero-order valence-electron chi connectivity index (χ0n) is 6.46. The highest BCUT2D eigenvalue weighted by Crippen LogP contribution is 2.01. The molecule has 0 saturated heterocycles.